The lowest BCUT2D eigenvalue weighted by Gasteiger charge is -2.12. The van der Waals surface area contributed by atoms with Gasteiger partial charge in [-0.2, -0.15) is 4.68 Å². The van der Waals surface area contributed by atoms with Crippen LogP contribution in [0.15, 0.2) is 54.6 Å². The molecule has 0 saturated carbocycles. The first-order valence-corrected chi connectivity index (χ1v) is 8.84. The summed E-state index contributed by atoms with van der Waals surface area (Å²) in [6.07, 6.45) is 0. The highest BCUT2D eigenvalue weighted by Gasteiger charge is 2.37. The molecule has 28 heavy (non-hydrogen) atoms. The maximum Gasteiger partial charge on any atom is 0.269 e. The second-order valence-corrected chi connectivity index (χ2v) is 6.91. The Kier molecular flexibility index (Phi) is 3.53. The highest BCUT2D eigenvalue weighted by atomic mass is 35.5. The Morgan fingerprint density at radius 3 is 2.43 bits per heavy atom. The van der Waals surface area contributed by atoms with Gasteiger partial charge in [-0.1, -0.05) is 35.0 Å². The van der Waals surface area contributed by atoms with Crippen LogP contribution < -0.4 is 0 Å². The predicted molar refractivity (Wildman–Crippen MR) is 102 cm³/mol. The summed E-state index contributed by atoms with van der Waals surface area (Å²) in [6, 6.07) is 15.5. The highest BCUT2D eigenvalue weighted by molar-refractivity contribution is 6.31. The molecule has 2 heterocycles. The summed E-state index contributed by atoms with van der Waals surface area (Å²) in [4.78, 5) is 39.2. The first-order chi connectivity index (χ1) is 13.5. The van der Waals surface area contributed by atoms with E-state index in [0.717, 1.165) is 20.4 Å². The lowest BCUT2D eigenvalue weighted by Crippen LogP contribution is -2.37. The average Bonchev–Trinajstić information content (AvgIpc) is 3.22. The van der Waals surface area contributed by atoms with Crippen LogP contribution in [-0.4, -0.2) is 44.2 Å². The molecule has 1 aliphatic heterocycles. The van der Waals surface area contributed by atoms with E-state index in [1.54, 1.807) is 54.6 Å². The number of amides is 2. The predicted octanol–water partition coefficient (Wildman–Crippen LogP) is 3.17. The summed E-state index contributed by atoms with van der Waals surface area (Å²) >= 11 is 6.01. The zero-order valence-corrected chi connectivity index (χ0v) is 15.1. The number of hydrogen-bond donors (Lipinski definition) is 0. The molecule has 0 fully saturated rings. The van der Waals surface area contributed by atoms with Crippen molar-refractivity contribution in [2.75, 3.05) is 6.54 Å². The fourth-order valence-corrected chi connectivity index (χ4v) is 3.58. The van der Waals surface area contributed by atoms with Crippen LogP contribution in [0, 0.1) is 0 Å². The van der Waals surface area contributed by atoms with Crippen molar-refractivity contribution in [1.29, 1.82) is 0 Å². The van der Waals surface area contributed by atoms with Crippen LogP contribution in [-0.2, 0) is 0 Å². The first kappa shape index (κ1) is 16.6. The molecule has 4 aromatic rings. The van der Waals surface area contributed by atoms with Crippen molar-refractivity contribution in [3.8, 4) is 0 Å². The SMILES string of the molecule is O=C1c2cc3ccc(Cl)cc3cc2C(=O)N1CC(=O)n1nnc2ccccc21. The van der Waals surface area contributed by atoms with Gasteiger partial charge in [0.25, 0.3) is 17.7 Å². The van der Waals surface area contributed by atoms with E-state index in [9.17, 15) is 14.4 Å². The van der Waals surface area contributed by atoms with E-state index < -0.39 is 24.3 Å². The molecule has 0 aliphatic carbocycles. The number of carbonyl (C=O) groups excluding carboxylic acids is 3. The zero-order chi connectivity index (χ0) is 19.4. The quantitative estimate of drug-likeness (QED) is 0.491. The van der Waals surface area contributed by atoms with Crippen molar-refractivity contribution in [3.05, 3.63) is 70.7 Å². The second-order valence-electron chi connectivity index (χ2n) is 6.47. The van der Waals surface area contributed by atoms with Crippen molar-refractivity contribution in [2.24, 2.45) is 0 Å². The number of benzene rings is 3. The second kappa shape index (κ2) is 5.97. The van der Waals surface area contributed by atoms with E-state index in [2.05, 4.69) is 10.3 Å². The van der Waals surface area contributed by atoms with Crippen LogP contribution in [0.25, 0.3) is 21.8 Å². The zero-order valence-electron chi connectivity index (χ0n) is 14.3. The van der Waals surface area contributed by atoms with E-state index >= 15 is 0 Å². The fraction of sp³-hybridized carbons (Fsp3) is 0.0500. The minimum atomic E-state index is -0.518. The highest BCUT2D eigenvalue weighted by Crippen LogP contribution is 2.29. The Morgan fingerprint density at radius 1 is 0.929 bits per heavy atom. The van der Waals surface area contributed by atoms with Gasteiger partial charge < -0.3 is 0 Å². The van der Waals surface area contributed by atoms with Gasteiger partial charge in [0.2, 0.25) is 0 Å². The van der Waals surface area contributed by atoms with Crippen molar-refractivity contribution in [3.63, 3.8) is 0 Å². The molecule has 0 atom stereocenters. The van der Waals surface area contributed by atoms with Gasteiger partial charge in [0, 0.05) is 5.02 Å². The third-order valence-electron chi connectivity index (χ3n) is 4.77. The summed E-state index contributed by atoms with van der Waals surface area (Å²) in [7, 11) is 0. The van der Waals surface area contributed by atoms with Crippen LogP contribution in [0.2, 0.25) is 5.02 Å². The van der Waals surface area contributed by atoms with Gasteiger partial charge in [-0.05, 0) is 47.2 Å². The number of rotatable bonds is 2. The maximum absolute atomic E-state index is 12.8. The van der Waals surface area contributed by atoms with Crippen LogP contribution >= 0.6 is 11.6 Å². The van der Waals surface area contributed by atoms with Crippen LogP contribution in [0.5, 0.6) is 0 Å². The summed E-state index contributed by atoms with van der Waals surface area (Å²) in [5, 5.41) is 9.85. The van der Waals surface area contributed by atoms with Gasteiger partial charge in [0.05, 0.1) is 16.6 Å². The molecule has 3 aromatic carbocycles. The van der Waals surface area contributed by atoms with E-state index in [-0.39, 0.29) is 11.1 Å². The van der Waals surface area contributed by atoms with Crippen LogP contribution in [0.1, 0.15) is 25.5 Å². The molecule has 5 rings (SSSR count). The minimum Gasteiger partial charge on any atom is -0.270 e. The number of imide groups is 1. The fourth-order valence-electron chi connectivity index (χ4n) is 3.40. The molecule has 1 aliphatic rings. The van der Waals surface area contributed by atoms with Crippen LogP contribution in [0.4, 0.5) is 0 Å². The molecule has 0 bridgehead atoms. The smallest absolute Gasteiger partial charge is 0.269 e. The molecule has 0 radical (unpaired) electrons. The largest absolute Gasteiger partial charge is 0.270 e. The minimum absolute atomic E-state index is 0.260. The summed E-state index contributed by atoms with van der Waals surface area (Å²) in [5.74, 6) is -1.54. The summed E-state index contributed by atoms with van der Waals surface area (Å²) < 4.78 is 1.11. The van der Waals surface area contributed by atoms with Gasteiger partial charge in [-0.3, -0.25) is 19.3 Å². The number of carbonyl (C=O) groups is 3. The van der Waals surface area contributed by atoms with E-state index in [0.29, 0.717) is 16.1 Å². The standard InChI is InChI=1S/C20H11ClN4O3/c21-13-6-5-11-8-14-15(9-12(11)7-13)20(28)24(19(14)27)10-18(26)25-17-4-2-1-3-16(17)22-23-25/h1-9H,10H2. The van der Waals surface area contributed by atoms with Crippen LogP contribution in [0.3, 0.4) is 0 Å². The van der Waals surface area contributed by atoms with E-state index in [1.165, 1.54) is 0 Å². The van der Waals surface area contributed by atoms with E-state index in [4.69, 9.17) is 11.6 Å². The third-order valence-corrected chi connectivity index (χ3v) is 5.01. The Labute approximate surface area is 163 Å². The summed E-state index contributed by atoms with van der Waals surface area (Å²) in [6.45, 7) is -0.420. The Morgan fingerprint density at radius 2 is 1.64 bits per heavy atom. The average molecular weight is 391 g/mol. The van der Waals surface area contributed by atoms with E-state index in [1.807, 2.05) is 0 Å². The molecule has 1 aromatic heterocycles. The molecule has 0 unspecified atom stereocenters. The van der Waals surface area contributed by atoms with Crippen molar-refractivity contribution in [2.45, 2.75) is 0 Å². The molecule has 0 saturated heterocycles. The van der Waals surface area contributed by atoms with Gasteiger partial charge in [-0.15, -0.1) is 5.10 Å². The molecule has 7 nitrogen and oxygen atoms in total. The topological polar surface area (TPSA) is 85.2 Å². The maximum atomic E-state index is 12.8. The van der Waals surface area contributed by atoms with Crippen molar-refractivity contribution < 1.29 is 14.4 Å². The van der Waals surface area contributed by atoms with Gasteiger partial charge in [0.1, 0.15) is 12.1 Å². The molecule has 2 amide bonds. The number of nitrogens with zero attached hydrogens (tertiary/aromatic N) is 4. The van der Waals surface area contributed by atoms with Gasteiger partial charge >= 0.3 is 0 Å². The Bertz CT molecular complexity index is 1330. The normalized spacial score (nSPS) is 13.5. The molecular weight excluding hydrogens is 380 g/mol. The van der Waals surface area contributed by atoms with Gasteiger partial charge in [0.15, 0.2) is 0 Å². The molecule has 0 N–H and O–H groups in total. The Balaban J connectivity index is 1.50. The summed E-state index contributed by atoms with van der Waals surface area (Å²) in [5.41, 5.74) is 1.61. The lowest BCUT2D eigenvalue weighted by molar-refractivity contribution is 0.0602. The monoisotopic (exact) mass is 390 g/mol. The van der Waals surface area contributed by atoms with Crippen molar-refractivity contribution >= 4 is 51.1 Å². The molecular formula is C20H11ClN4O3. The first-order valence-electron chi connectivity index (χ1n) is 8.46. The third kappa shape index (κ3) is 2.40. The lowest BCUT2D eigenvalue weighted by atomic mass is 10.0. The number of halogens is 1. The number of hydrogen-bond acceptors (Lipinski definition) is 5. The van der Waals surface area contributed by atoms with Crippen molar-refractivity contribution in [1.82, 2.24) is 19.9 Å². The molecule has 8 heteroatoms. The number of para-hydroxylation sites is 1. The Hall–Kier alpha value is -3.58. The molecule has 0 spiro atoms. The number of fused-ring (bicyclic) bond motifs is 3. The number of aromatic nitrogens is 3. The molecule has 136 valence electrons. The van der Waals surface area contributed by atoms with Gasteiger partial charge in [-0.25, -0.2) is 0 Å².